The second-order valence-electron chi connectivity index (χ2n) is 4.51. The highest BCUT2D eigenvalue weighted by atomic mass is 15.2. The fourth-order valence-electron chi connectivity index (χ4n) is 3.18. The molecule has 0 radical (unpaired) electrons. The molecule has 2 nitrogen and oxygen atoms in total. The second kappa shape index (κ2) is 3.53. The Morgan fingerprint density at radius 1 is 1.40 bits per heavy atom. The molecule has 1 aromatic carbocycles. The van der Waals surface area contributed by atoms with Crippen LogP contribution in [0.1, 0.15) is 24.8 Å². The fourth-order valence-corrected chi connectivity index (χ4v) is 3.18. The van der Waals surface area contributed by atoms with Crippen molar-refractivity contribution in [3.8, 4) is 0 Å². The van der Waals surface area contributed by atoms with Crippen LogP contribution in [-0.4, -0.2) is 25.7 Å². The van der Waals surface area contributed by atoms with Gasteiger partial charge in [-0.15, -0.1) is 0 Å². The van der Waals surface area contributed by atoms with E-state index in [1.54, 1.807) is 5.56 Å². The average molecular weight is 202 g/mol. The number of hydrogen-bond acceptors (Lipinski definition) is 2. The van der Waals surface area contributed by atoms with Gasteiger partial charge in [0.25, 0.3) is 0 Å². The Kier molecular flexibility index (Phi) is 2.17. The molecule has 2 atom stereocenters. The van der Waals surface area contributed by atoms with Crippen molar-refractivity contribution in [2.75, 3.05) is 24.5 Å². The summed E-state index contributed by atoms with van der Waals surface area (Å²) in [5, 5.41) is 3.52. The van der Waals surface area contributed by atoms with Gasteiger partial charge in [-0.05, 0) is 31.5 Å². The quantitative estimate of drug-likeness (QED) is 0.749. The van der Waals surface area contributed by atoms with Crippen molar-refractivity contribution in [1.29, 1.82) is 0 Å². The number of piperidine rings is 1. The largest absolute Gasteiger partial charge is 0.368 e. The van der Waals surface area contributed by atoms with Gasteiger partial charge in [0.1, 0.15) is 0 Å². The van der Waals surface area contributed by atoms with Gasteiger partial charge < -0.3 is 10.2 Å². The minimum absolute atomic E-state index is 0.717. The molecule has 2 heterocycles. The standard InChI is InChI=1S/C13H18N2/c1-2-15-12-6-4-3-5-10(12)11-9-14-8-7-13(11)15/h3-6,11,13-14H,2,7-9H2,1H3/t11-,13+/m0/s1. The molecule has 0 spiro atoms. The van der Waals surface area contributed by atoms with E-state index < -0.39 is 0 Å². The van der Waals surface area contributed by atoms with Crippen molar-refractivity contribution in [3.05, 3.63) is 29.8 Å². The third kappa shape index (κ3) is 1.28. The Labute approximate surface area is 91.3 Å². The van der Waals surface area contributed by atoms with E-state index in [9.17, 15) is 0 Å². The van der Waals surface area contributed by atoms with Crippen molar-refractivity contribution in [3.63, 3.8) is 0 Å². The molecule has 3 rings (SSSR count). The summed E-state index contributed by atoms with van der Waals surface area (Å²) >= 11 is 0. The number of anilines is 1. The summed E-state index contributed by atoms with van der Waals surface area (Å²) in [4.78, 5) is 2.58. The third-order valence-corrected chi connectivity index (χ3v) is 3.83. The van der Waals surface area contributed by atoms with Crippen LogP contribution in [0.3, 0.4) is 0 Å². The first-order valence-corrected chi connectivity index (χ1v) is 5.98. The van der Waals surface area contributed by atoms with Crippen molar-refractivity contribution >= 4 is 5.69 Å². The van der Waals surface area contributed by atoms with Crippen molar-refractivity contribution in [2.45, 2.75) is 25.3 Å². The number of hydrogen-bond donors (Lipinski definition) is 1. The lowest BCUT2D eigenvalue weighted by Gasteiger charge is -2.33. The highest BCUT2D eigenvalue weighted by Gasteiger charge is 2.38. The van der Waals surface area contributed by atoms with Gasteiger partial charge in [-0.2, -0.15) is 0 Å². The zero-order valence-electron chi connectivity index (χ0n) is 9.24. The zero-order valence-corrected chi connectivity index (χ0v) is 9.24. The average Bonchev–Trinajstić information content (AvgIpc) is 2.63. The molecule has 0 unspecified atom stereocenters. The Hall–Kier alpha value is -1.02. The van der Waals surface area contributed by atoms with Gasteiger partial charge in [0, 0.05) is 30.7 Å². The van der Waals surface area contributed by atoms with Gasteiger partial charge in [0.2, 0.25) is 0 Å². The summed E-state index contributed by atoms with van der Waals surface area (Å²) in [5.74, 6) is 0.717. The maximum absolute atomic E-state index is 3.52. The fraction of sp³-hybridized carbons (Fsp3) is 0.538. The number of nitrogens with zero attached hydrogens (tertiary/aromatic N) is 1. The Morgan fingerprint density at radius 2 is 2.27 bits per heavy atom. The number of para-hydroxylation sites is 1. The summed E-state index contributed by atoms with van der Waals surface area (Å²) in [6.45, 7) is 5.73. The van der Waals surface area contributed by atoms with Crippen LogP contribution in [0.5, 0.6) is 0 Å². The van der Waals surface area contributed by atoms with E-state index in [1.807, 2.05) is 0 Å². The van der Waals surface area contributed by atoms with Crippen LogP contribution >= 0.6 is 0 Å². The summed E-state index contributed by atoms with van der Waals surface area (Å²) in [5.41, 5.74) is 3.02. The molecule has 80 valence electrons. The van der Waals surface area contributed by atoms with E-state index >= 15 is 0 Å². The molecular weight excluding hydrogens is 184 g/mol. The zero-order chi connectivity index (χ0) is 10.3. The smallest absolute Gasteiger partial charge is 0.0405 e. The summed E-state index contributed by atoms with van der Waals surface area (Å²) in [6.07, 6.45) is 1.28. The summed E-state index contributed by atoms with van der Waals surface area (Å²) < 4.78 is 0. The number of nitrogens with one attached hydrogen (secondary N) is 1. The van der Waals surface area contributed by atoms with E-state index in [1.165, 1.54) is 18.7 Å². The molecule has 0 saturated carbocycles. The van der Waals surface area contributed by atoms with Gasteiger partial charge in [0.05, 0.1) is 0 Å². The van der Waals surface area contributed by atoms with Crippen LogP contribution < -0.4 is 10.2 Å². The van der Waals surface area contributed by atoms with Crippen molar-refractivity contribution in [1.82, 2.24) is 5.32 Å². The van der Waals surface area contributed by atoms with Crippen molar-refractivity contribution < 1.29 is 0 Å². The number of fused-ring (bicyclic) bond motifs is 3. The predicted octanol–water partition coefficient (Wildman–Crippen LogP) is 1.97. The van der Waals surface area contributed by atoms with Crippen LogP contribution in [0.25, 0.3) is 0 Å². The van der Waals surface area contributed by atoms with E-state index in [0.717, 1.165) is 25.0 Å². The predicted molar refractivity (Wildman–Crippen MR) is 63.5 cm³/mol. The normalized spacial score (nSPS) is 28.7. The number of likely N-dealkylation sites (N-methyl/N-ethyl adjacent to an activating group) is 1. The van der Waals surface area contributed by atoms with Gasteiger partial charge in [0.15, 0.2) is 0 Å². The van der Waals surface area contributed by atoms with Crippen LogP contribution in [0.4, 0.5) is 5.69 Å². The monoisotopic (exact) mass is 202 g/mol. The highest BCUT2D eigenvalue weighted by molar-refractivity contribution is 5.62. The molecular formula is C13H18N2. The van der Waals surface area contributed by atoms with Crippen molar-refractivity contribution in [2.24, 2.45) is 0 Å². The lowest BCUT2D eigenvalue weighted by molar-refractivity contribution is 0.406. The van der Waals surface area contributed by atoms with E-state index in [-0.39, 0.29) is 0 Å². The molecule has 0 bridgehead atoms. The molecule has 2 aliphatic heterocycles. The maximum atomic E-state index is 3.52. The van der Waals surface area contributed by atoms with Crippen LogP contribution in [-0.2, 0) is 0 Å². The molecule has 2 heteroatoms. The molecule has 1 fully saturated rings. The molecule has 15 heavy (non-hydrogen) atoms. The second-order valence-corrected chi connectivity index (χ2v) is 4.51. The van der Waals surface area contributed by atoms with E-state index in [0.29, 0.717) is 0 Å². The Bertz CT molecular complexity index is 336. The van der Waals surface area contributed by atoms with Gasteiger partial charge in [-0.3, -0.25) is 0 Å². The van der Waals surface area contributed by atoms with Crippen LogP contribution in [0.15, 0.2) is 24.3 Å². The minimum atomic E-state index is 0.717. The lowest BCUT2D eigenvalue weighted by Crippen LogP contribution is -2.44. The third-order valence-electron chi connectivity index (χ3n) is 3.83. The SMILES string of the molecule is CCN1c2ccccc2[C@@H]2CNCC[C@H]21. The summed E-state index contributed by atoms with van der Waals surface area (Å²) in [6, 6.07) is 9.65. The summed E-state index contributed by atoms with van der Waals surface area (Å²) in [7, 11) is 0. The van der Waals surface area contributed by atoms with Crippen LogP contribution in [0, 0.1) is 0 Å². The lowest BCUT2D eigenvalue weighted by atomic mass is 9.90. The first-order chi connectivity index (χ1) is 7.42. The van der Waals surface area contributed by atoms with Gasteiger partial charge in [-0.25, -0.2) is 0 Å². The maximum Gasteiger partial charge on any atom is 0.0405 e. The molecule has 0 aliphatic carbocycles. The molecule has 0 amide bonds. The Morgan fingerprint density at radius 3 is 3.13 bits per heavy atom. The highest BCUT2D eigenvalue weighted by Crippen LogP contribution is 2.42. The topological polar surface area (TPSA) is 15.3 Å². The molecule has 1 N–H and O–H groups in total. The molecule has 2 aliphatic rings. The molecule has 1 saturated heterocycles. The van der Waals surface area contributed by atoms with E-state index in [4.69, 9.17) is 0 Å². The van der Waals surface area contributed by atoms with Gasteiger partial charge >= 0.3 is 0 Å². The number of rotatable bonds is 1. The minimum Gasteiger partial charge on any atom is -0.368 e. The first-order valence-electron chi connectivity index (χ1n) is 5.98. The number of benzene rings is 1. The van der Waals surface area contributed by atoms with Crippen LogP contribution in [0.2, 0.25) is 0 Å². The van der Waals surface area contributed by atoms with Gasteiger partial charge in [-0.1, -0.05) is 18.2 Å². The van der Waals surface area contributed by atoms with E-state index in [2.05, 4.69) is 41.4 Å². The molecule has 1 aromatic rings. The first kappa shape index (κ1) is 9.22. The Balaban J connectivity index is 2.05. The molecule has 0 aromatic heterocycles.